The molecule has 6 heteroatoms. The summed E-state index contributed by atoms with van der Waals surface area (Å²) in [7, 11) is 1.52. The lowest BCUT2D eigenvalue weighted by atomic mass is 9.82. The molecule has 2 N–H and O–H groups in total. The number of aliphatic carboxylic acids is 1. The summed E-state index contributed by atoms with van der Waals surface area (Å²) in [4.78, 5) is 24.5. The number of rotatable bonds is 5. The van der Waals surface area contributed by atoms with Crippen LogP contribution in [0, 0.1) is 11.8 Å². The van der Waals surface area contributed by atoms with E-state index in [9.17, 15) is 14.7 Å². The van der Waals surface area contributed by atoms with Crippen molar-refractivity contribution in [3.05, 3.63) is 60.7 Å². The number of benzene rings is 2. The van der Waals surface area contributed by atoms with Gasteiger partial charge in [0.05, 0.1) is 30.9 Å². The van der Waals surface area contributed by atoms with Crippen LogP contribution in [-0.4, -0.2) is 36.3 Å². The molecule has 2 aliphatic heterocycles. The number of fused-ring (bicyclic) bond motifs is 2. The third kappa shape index (κ3) is 3.08. The number of methoxy groups -OCH3 is 1. The predicted molar refractivity (Wildman–Crippen MR) is 99.5 cm³/mol. The summed E-state index contributed by atoms with van der Waals surface area (Å²) in [6.07, 6.45) is 2.40. The minimum absolute atomic E-state index is 0.386. The molecule has 2 aromatic rings. The number of hydrogen-bond donors (Lipinski definition) is 2. The van der Waals surface area contributed by atoms with E-state index < -0.39 is 30.0 Å². The van der Waals surface area contributed by atoms with Gasteiger partial charge in [0.2, 0.25) is 5.91 Å². The second-order valence-corrected chi connectivity index (χ2v) is 6.61. The minimum Gasteiger partial charge on any atom is -0.495 e. The Balaban J connectivity index is 1.63. The average Bonchev–Trinajstić information content (AvgIpc) is 3.30. The molecule has 4 rings (SSSR count). The fourth-order valence-corrected chi connectivity index (χ4v) is 3.75. The highest BCUT2D eigenvalue weighted by Gasteiger charge is 2.53. The van der Waals surface area contributed by atoms with E-state index in [0.717, 1.165) is 11.1 Å². The largest absolute Gasteiger partial charge is 0.495 e. The Kier molecular flexibility index (Phi) is 4.41. The minimum atomic E-state index is -1.03. The maximum Gasteiger partial charge on any atom is 0.310 e. The SMILES string of the molecule is COc1ccc(-c2ccccc2)cc1NC(=O)C1C2C=CC(O2)C1C(=O)O. The molecule has 2 aliphatic rings. The van der Waals surface area contributed by atoms with E-state index in [1.54, 1.807) is 18.2 Å². The van der Waals surface area contributed by atoms with Crippen molar-refractivity contribution in [1.82, 2.24) is 0 Å². The summed E-state index contributed by atoms with van der Waals surface area (Å²) >= 11 is 0. The topological polar surface area (TPSA) is 84.9 Å². The molecule has 0 saturated carbocycles. The first-order valence-corrected chi connectivity index (χ1v) is 8.69. The molecule has 0 aromatic heterocycles. The molecule has 0 radical (unpaired) electrons. The van der Waals surface area contributed by atoms with Gasteiger partial charge in [-0.15, -0.1) is 0 Å². The Labute approximate surface area is 156 Å². The van der Waals surface area contributed by atoms with Crippen LogP contribution in [0.1, 0.15) is 0 Å². The summed E-state index contributed by atoms with van der Waals surface area (Å²) in [5, 5.41) is 12.3. The van der Waals surface area contributed by atoms with Gasteiger partial charge in [0, 0.05) is 0 Å². The van der Waals surface area contributed by atoms with E-state index in [2.05, 4.69) is 5.32 Å². The molecular weight excluding hydrogens is 346 g/mol. The Morgan fingerprint density at radius 1 is 1.00 bits per heavy atom. The van der Waals surface area contributed by atoms with Crippen LogP contribution in [0.3, 0.4) is 0 Å². The van der Waals surface area contributed by atoms with Gasteiger partial charge >= 0.3 is 5.97 Å². The third-order valence-corrected chi connectivity index (χ3v) is 5.05. The lowest BCUT2D eigenvalue weighted by Crippen LogP contribution is -2.39. The van der Waals surface area contributed by atoms with E-state index in [1.807, 2.05) is 42.5 Å². The number of hydrogen-bond acceptors (Lipinski definition) is 4. The van der Waals surface area contributed by atoms with Crippen LogP contribution in [0.25, 0.3) is 11.1 Å². The Morgan fingerprint density at radius 2 is 1.70 bits per heavy atom. The van der Waals surface area contributed by atoms with E-state index >= 15 is 0 Å². The molecule has 4 unspecified atom stereocenters. The predicted octanol–water partition coefficient (Wildman–Crippen LogP) is 2.95. The highest BCUT2D eigenvalue weighted by atomic mass is 16.5. The quantitative estimate of drug-likeness (QED) is 0.796. The fraction of sp³-hybridized carbons (Fsp3) is 0.238. The Morgan fingerprint density at radius 3 is 2.37 bits per heavy atom. The van der Waals surface area contributed by atoms with Crippen molar-refractivity contribution in [2.24, 2.45) is 11.8 Å². The molecule has 2 heterocycles. The first kappa shape index (κ1) is 17.3. The second-order valence-electron chi connectivity index (χ2n) is 6.61. The summed E-state index contributed by atoms with van der Waals surface area (Å²) < 4.78 is 10.9. The maximum atomic E-state index is 12.9. The molecule has 27 heavy (non-hydrogen) atoms. The second kappa shape index (κ2) is 6.89. The van der Waals surface area contributed by atoms with Crippen LogP contribution in [0.15, 0.2) is 60.7 Å². The molecule has 0 aliphatic carbocycles. The normalized spacial score (nSPS) is 25.4. The van der Waals surface area contributed by atoms with Crippen molar-refractivity contribution in [2.75, 3.05) is 12.4 Å². The summed E-state index contributed by atoms with van der Waals surface area (Å²) in [5.74, 6) is -2.57. The number of amides is 1. The zero-order valence-electron chi connectivity index (χ0n) is 14.7. The lowest BCUT2D eigenvalue weighted by molar-refractivity contribution is -0.145. The van der Waals surface area contributed by atoms with E-state index in [4.69, 9.17) is 9.47 Å². The number of anilines is 1. The van der Waals surface area contributed by atoms with E-state index in [1.165, 1.54) is 7.11 Å². The van der Waals surface area contributed by atoms with Gasteiger partial charge in [0.15, 0.2) is 0 Å². The van der Waals surface area contributed by atoms with Crippen molar-refractivity contribution in [3.8, 4) is 16.9 Å². The Hall–Kier alpha value is -3.12. The van der Waals surface area contributed by atoms with Crippen molar-refractivity contribution < 1.29 is 24.2 Å². The van der Waals surface area contributed by atoms with Gasteiger partial charge in [-0.05, 0) is 23.3 Å². The smallest absolute Gasteiger partial charge is 0.310 e. The van der Waals surface area contributed by atoms with Gasteiger partial charge in [-0.3, -0.25) is 9.59 Å². The number of carboxylic acid groups (broad SMARTS) is 1. The van der Waals surface area contributed by atoms with Gasteiger partial charge in [-0.1, -0.05) is 48.6 Å². The number of carbonyl (C=O) groups is 2. The van der Waals surface area contributed by atoms with Crippen molar-refractivity contribution >= 4 is 17.6 Å². The number of ether oxygens (including phenoxy) is 2. The number of nitrogens with one attached hydrogen (secondary N) is 1. The fourth-order valence-electron chi connectivity index (χ4n) is 3.75. The monoisotopic (exact) mass is 365 g/mol. The van der Waals surface area contributed by atoms with Gasteiger partial charge in [-0.2, -0.15) is 0 Å². The third-order valence-electron chi connectivity index (χ3n) is 5.05. The summed E-state index contributed by atoms with van der Waals surface area (Å²) in [6.45, 7) is 0. The van der Waals surface area contributed by atoms with E-state index in [0.29, 0.717) is 11.4 Å². The Bertz CT molecular complexity index is 908. The molecular formula is C21H19NO5. The molecule has 1 amide bonds. The van der Waals surface area contributed by atoms with Crippen molar-refractivity contribution in [1.29, 1.82) is 0 Å². The van der Waals surface area contributed by atoms with Gasteiger partial charge in [0.1, 0.15) is 11.7 Å². The molecule has 4 atom stereocenters. The van der Waals surface area contributed by atoms with Gasteiger partial charge < -0.3 is 19.9 Å². The van der Waals surface area contributed by atoms with Gasteiger partial charge in [0.25, 0.3) is 0 Å². The molecule has 138 valence electrons. The van der Waals surface area contributed by atoms with Crippen LogP contribution >= 0.6 is 0 Å². The van der Waals surface area contributed by atoms with Crippen molar-refractivity contribution in [3.63, 3.8) is 0 Å². The van der Waals surface area contributed by atoms with Crippen LogP contribution in [0.2, 0.25) is 0 Å². The molecule has 0 spiro atoms. The first-order valence-electron chi connectivity index (χ1n) is 8.69. The van der Waals surface area contributed by atoms with Crippen LogP contribution in [0.4, 0.5) is 5.69 Å². The maximum absolute atomic E-state index is 12.9. The molecule has 6 nitrogen and oxygen atoms in total. The number of carboxylic acids is 1. The standard InChI is InChI=1S/C21H19NO5/c1-26-15-8-7-13(12-5-3-2-4-6-12)11-14(15)22-20(23)18-16-9-10-17(27-16)19(18)21(24)25/h2-11,16-19H,1H3,(H,22,23)(H,24,25). The molecule has 1 fully saturated rings. The summed E-state index contributed by atoms with van der Waals surface area (Å²) in [5.41, 5.74) is 2.43. The van der Waals surface area contributed by atoms with Crippen LogP contribution < -0.4 is 10.1 Å². The highest BCUT2D eigenvalue weighted by Crippen LogP contribution is 2.40. The zero-order valence-corrected chi connectivity index (χ0v) is 14.7. The summed E-state index contributed by atoms with van der Waals surface area (Å²) in [6, 6.07) is 15.3. The zero-order chi connectivity index (χ0) is 19.0. The van der Waals surface area contributed by atoms with Crippen LogP contribution in [-0.2, 0) is 14.3 Å². The molecule has 2 bridgehead atoms. The van der Waals surface area contributed by atoms with Gasteiger partial charge in [-0.25, -0.2) is 0 Å². The highest BCUT2D eigenvalue weighted by molar-refractivity contribution is 5.98. The molecule has 1 saturated heterocycles. The average molecular weight is 365 g/mol. The van der Waals surface area contributed by atoms with E-state index in [-0.39, 0.29) is 5.91 Å². The van der Waals surface area contributed by atoms with Crippen molar-refractivity contribution in [2.45, 2.75) is 12.2 Å². The molecule has 2 aromatic carbocycles. The number of carbonyl (C=O) groups excluding carboxylic acids is 1. The lowest BCUT2D eigenvalue weighted by Gasteiger charge is -2.22. The van der Waals surface area contributed by atoms with Crippen LogP contribution in [0.5, 0.6) is 5.75 Å². The first-order chi connectivity index (χ1) is 13.1.